The Morgan fingerprint density at radius 1 is 1.29 bits per heavy atom. The van der Waals surface area contributed by atoms with Gasteiger partial charge in [-0.25, -0.2) is 0 Å². The Bertz CT molecular complexity index is 665. The molecule has 1 fully saturated rings. The summed E-state index contributed by atoms with van der Waals surface area (Å²) >= 11 is 0. The van der Waals surface area contributed by atoms with E-state index in [1.54, 1.807) is 4.68 Å². The second-order valence-corrected chi connectivity index (χ2v) is 6.02. The highest BCUT2D eigenvalue weighted by molar-refractivity contribution is 5.72. The minimum absolute atomic E-state index is 0.0125. The predicted octanol–water partition coefficient (Wildman–Crippen LogP) is 2.00. The Kier molecular flexibility index (Phi) is 5.20. The lowest BCUT2D eigenvalue weighted by Gasteiger charge is -2.34. The summed E-state index contributed by atoms with van der Waals surface area (Å²) in [4.78, 5) is 14.2. The standard InChI is InChI=1S/C17H23N5O2/c1-3-24-17(23)14-9-11-21(12-10-14)13(2)16-18-19-20-22(16)15-7-5-4-6-8-15/h4-8,13-14H,3,9-12H2,1-2H3/t13-/m0/s1. The van der Waals surface area contributed by atoms with E-state index in [4.69, 9.17) is 4.74 Å². The molecule has 0 N–H and O–H groups in total. The van der Waals surface area contributed by atoms with E-state index in [1.165, 1.54) is 0 Å². The molecule has 1 atom stereocenters. The maximum Gasteiger partial charge on any atom is 0.309 e. The first-order valence-electron chi connectivity index (χ1n) is 8.45. The number of aromatic nitrogens is 4. The molecule has 1 aromatic heterocycles. The number of para-hydroxylation sites is 1. The zero-order valence-corrected chi connectivity index (χ0v) is 14.1. The molecule has 24 heavy (non-hydrogen) atoms. The van der Waals surface area contributed by atoms with Gasteiger partial charge in [0.05, 0.1) is 24.3 Å². The minimum Gasteiger partial charge on any atom is -0.466 e. The van der Waals surface area contributed by atoms with Crippen molar-refractivity contribution < 1.29 is 9.53 Å². The molecule has 2 aromatic rings. The Labute approximate surface area is 141 Å². The second-order valence-electron chi connectivity index (χ2n) is 6.02. The molecule has 0 saturated carbocycles. The SMILES string of the molecule is CCOC(=O)C1CCN([C@@H](C)c2nnnn2-c2ccccc2)CC1. The van der Waals surface area contributed by atoms with Crippen LogP contribution in [0.25, 0.3) is 5.69 Å². The van der Waals surface area contributed by atoms with Gasteiger partial charge in [0.25, 0.3) is 0 Å². The molecule has 0 bridgehead atoms. The van der Waals surface area contributed by atoms with Crippen molar-refractivity contribution in [3.05, 3.63) is 36.2 Å². The zero-order valence-electron chi connectivity index (χ0n) is 14.1. The fourth-order valence-electron chi connectivity index (χ4n) is 3.15. The van der Waals surface area contributed by atoms with Gasteiger partial charge >= 0.3 is 5.97 Å². The van der Waals surface area contributed by atoms with Gasteiger partial charge in [-0.15, -0.1) is 5.10 Å². The number of likely N-dealkylation sites (tertiary alicyclic amines) is 1. The van der Waals surface area contributed by atoms with Crippen LogP contribution in [-0.4, -0.2) is 50.8 Å². The fourth-order valence-corrected chi connectivity index (χ4v) is 3.15. The lowest BCUT2D eigenvalue weighted by molar-refractivity contribution is -0.149. The molecule has 0 unspecified atom stereocenters. The van der Waals surface area contributed by atoms with E-state index < -0.39 is 0 Å². The van der Waals surface area contributed by atoms with E-state index in [0.29, 0.717) is 6.61 Å². The number of nitrogens with zero attached hydrogens (tertiary/aromatic N) is 5. The number of hydrogen-bond donors (Lipinski definition) is 0. The molecule has 1 aliphatic rings. The van der Waals surface area contributed by atoms with E-state index in [9.17, 15) is 4.79 Å². The normalized spacial score (nSPS) is 17.6. The maximum absolute atomic E-state index is 11.9. The van der Waals surface area contributed by atoms with Crippen molar-refractivity contribution in [1.82, 2.24) is 25.1 Å². The van der Waals surface area contributed by atoms with E-state index in [-0.39, 0.29) is 17.9 Å². The molecular formula is C17H23N5O2. The van der Waals surface area contributed by atoms with Gasteiger partial charge in [-0.1, -0.05) is 18.2 Å². The summed E-state index contributed by atoms with van der Waals surface area (Å²) in [6, 6.07) is 9.96. The van der Waals surface area contributed by atoms with Crippen molar-refractivity contribution >= 4 is 5.97 Å². The fraction of sp³-hybridized carbons (Fsp3) is 0.529. The van der Waals surface area contributed by atoms with E-state index in [2.05, 4.69) is 27.3 Å². The summed E-state index contributed by atoms with van der Waals surface area (Å²) in [5.41, 5.74) is 0.950. The molecule has 0 aliphatic carbocycles. The molecule has 2 heterocycles. The monoisotopic (exact) mass is 329 g/mol. The first kappa shape index (κ1) is 16.6. The Hall–Kier alpha value is -2.28. The van der Waals surface area contributed by atoms with Gasteiger partial charge in [0.2, 0.25) is 0 Å². The maximum atomic E-state index is 11.9. The summed E-state index contributed by atoms with van der Waals surface area (Å²) in [6.45, 7) is 6.08. The number of carbonyl (C=O) groups excluding carboxylic acids is 1. The van der Waals surface area contributed by atoms with Crippen LogP contribution < -0.4 is 0 Å². The third-order valence-corrected chi connectivity index (χ3v) is 4.57. The Morgan fingerprint density at radius 3 is 2.67 bits per heavy atom. The summed E-state index contributed by atoms with van der Waals surface area (Å²) < 4.78 is 6.91. The topological polar surface area (TPSA) is 73.1 Å². The number of carbonyl (C=O) groups is 1. The van der Waals surface area contributed by atoms with Gasteiger partial charge in [0.15, 0.2) is 5.82 Å². The largest absolute Gasteiger partial charge is 0.466 e. The highest BCUT2D eigenvalue weighted by atomic mass is 16.5. The molecule has 0 spiro atoms. The number of benzene rings is 1. The number of piperidine rings is 1. The quantitative estimate of drug-likeness (QED) is 0.781. The van der Waals surface area contributed by atoms with Crippen LogP contribution in [0.2, 0.25) is 0 Å². The lowest BCUT2D eigenvalue weighted by Crippen LogP contribution is -2.39. The molecule has 7 nitrogen and oxygen atoms in total. The van der Waals surface area contributed by atoms with Crippen molar-refractivity contribution in [3.63, 3.8) is 0 Å². The zero-order chi connectivity index (χ0) is 16.9. The smallest absolute Gasteiger partial charge is 0.309 e. The van der Waals surface area contributed by atoms with Crippen LogP contribution in [0.4, 0.5) is 0 Å². The molecule has 1 aliphatic heterocycles. The first-order valence-corrected chi connectivity index (χ1v) is 8.45. The van der Waals surface area contributed by atoms with Gasteiger partial charge in [0.1, 0.15) is 0 Å². The molecule has 7 heteroatoms. The number of esters is 1. The summed E-state index contributed by atoms with van der Waals surface area (Å²) in [7, 11) is 0. The van der Waals surface area contributed by atoms with Crippen LogP contribution in [-0.2, 0) is 9.53 Å². The Balaban J connectivity index is 1.68. The van der Waals surface area contributed by atoms with Crippen molar-refractivity contribution in [2.45, 2.75) is 32.7 Å². The molecule has 1 aromatic carbocycles. The van der Waals surface area contributed by atoms with Crippen LogP contribution in [0.15, 0.2) is 30.3 Å². The van der Waals surface area contributed by atoms with Crippen molar-refractivity contribution in [2.24, 2.45) is 5.92 Å². The van der Waals surface area contributed by atoms with Gasteiger partial charge < -0.3 is 4.74 Å². The number of rotatable bonds is 5. The average molecular weight is 329 g/mol. The lowest BCUT2D eigenvalue weighted by atomic mass is 9.96. The van der Waals surface area contributed by atoms with E-state index in [1.807, 2.05) is 37.3 Å². The molecule has 1 saturated heterocycles. The van der Waals surface area contributed by atoms with Crippen LogP contribution in [0, 0.1) is 5.92 Å². The molecule has 3 rings (SSSR count). The Morgan fingerprint density at radius 2 is 2.00 bits per heavy atom. The van der Waals surface area contributed by atoms with Crippen LogP contribution in [0.3, 0.4) is 0 Å². The summed E-state index contributed by atoms with van der Waals surface area (Å²) in [5.74, 6) is 0.758. The van der Waals surface area contributed by atoms with Gasteiger partial charge in [0, 0.05) is 0 Å². The molecule has 128 valence electrons. The van der Waals surface area contributed by atoms with E-state index >= 15 is 0 Å². The van der Waals surface area contributed by atoms with E-state index in [0.717, 1.165) is 37.4 Å². The van der Waals surface area contributed by atoms with Crippen molar-refractivity contribution in [3.8, 4) is 5.69 Å². The molecular weight excluding hydrogens is 306 g/mol. The second kappa shape index (κ2) is 7.53. The number of tetrazole rings is 1. The predicted molar refractivity (Wildman–Crippen MR) is 88.5 cm³/mol. The van der Waals surface area contributed by atoms with Crippen molar-refractivity contribution in [1.29, 1.82) is 0 Å². The van der Waals surface area contributed by atoms with Crippen LogP contribution >= 0.6 is 0 Å². The third kappa shape index (κ3) is 3.46. The third-order valence-electron chi connectivity index (χ3n) is 4.57. The highest BCUT2D eigenvalue weighted by Gasteiger charge is 2.30. The van der Waals surface area contributed by atoms with Crippen LogP contribution in [0.1, 0.15) is 38.6 Å². The summed E-state index contributed by atoms with van der Waals surface area (Å²) in [5, 5.41) is 12.2. The van der Waals surface area contributed by atoms with Crippen molar-refractivity contribution in [2.75, 3.05) is 19.7 Å². The molecule has 0 amide bonds. The van der Waals surface area contributed by atoms with Gasteiger partial charge in [-0.2, -0.15) is 4.68 Å². The van der Waals surface area contributed by atoms with Gasteiger partial charge in [-0.3, -0.25) is 9.69 Å². The minimum atomic E-state index is -0.0704. The number of ether oxygens (including phenoxy) is 1. The number of hydrogen-bond acceptors (Lipinski definition) is 6. The molecule has 0 radical (unpaired) electrons. The average Bonchev–Trinajstić information content (AvgIpc) is 3.12. The van der Waals surface area contributed by atoms with Crippen LogP contribution in [0.5, 0.6) is 0 Å². The highest BCUT2D eigenvalue weighted by Crippen LogP contribution is 2.26. The first-order chi connectivity index (χ1) is 11.7. The summed E-state index contributed by atoms with van der Waals surface area (Å²) in [6.07, 6.45) is 1.63. The van der Waals surface area contributed by atoms with Gasteiger partial charge in [-0.05, 0) is 62.3 Å².